The SMILES string of the molecule is O=C(Nc1ccc2c3c(ccc(C(=O)O)c13)CC2)c1ccccc1. The zero-order valence-corrected chi connectivity index (χ0v) is 12.9. The fourth-order valence-corrected chi connectivity index (χ4v) is 3.40. The van der Waals surface area contributed by atoms with Crippen LogP contribution in [0.2, 0.25) is 0 Å². The van der Waals surface area contributed by atoms with Crippen LogP contribution in [0.3, 0.4) is 0 Å². The number of carboxylic acids is 1. The van der Waals surface area contributed by atoms with Gasteiger partial charge in [-0.3, -0.25) is 4.79 Å². The summed E-state index contributed by atoms with van der Waals surface area (Å²) in [5, 5.41) is 14.0. The van der Waals surface area contributed by atoms with Gasteiger partial charge in [0.25, 0.3) is 5.91 Å². The minimum atomic E-state index is -0.985. The number of carboxylic acid groups (broad SMARTS) is 1. The summed E-state index contributed by atoms with van der Waals surface area (Å²) >= 11 is 0. The van der Waals surface area contributed by atoms with E-state index in [1.54, 1.807) is 36.4 Å². The van der Waals surface area contributed by atoms with Gasteiger partial charge in [-0.2, -0.15) is 0 Å². The summed E-state index contributed by atoms with van der Waals surface area (Å²) in [6, 6.07) is 16.2. The van der Waals surface area contributed by atoms with Gasteiger partial charge < -0.3 is 10.4 Å². The van der Waals surface area contributed by atoms with Gasteiger partial charge in [0.2, 0.25) is 0 Å². The second kappa shape index (κ2) is 5.49. The molecule has 0 saturated carbocycles. The topological polar surface area (TPSA) is 66.4 Å². The molecule has 0 bridgehead atoms. The highest BCUT2D eigenvalue weighted by Gasteiger charge is 2.22. The third-order valence-electron chi connectivity index (χ3n) is 4.51. The minimum absolute atomic E-state index is 0.223. The van der Waals surface area contributed by atoms with Gasteiger partial charge in [0.1, 0.15) is 0 Å². The fourth-order valence-electron chi connectivity index (χ4n) is 3.40. The van der Waals surface area contributed by atoms with Crippen molar-refractivity contribution >= 4 is 28.3 Å². The Kier molecular flexibility index (Phi) is 3.31. The maximum Gasteiger partial charge on any atom is 0.336 e. The molecule has 118 valence electrons. The summed E-state index contributed by atoms with van der Waals surface area (Å²) in [7, 11) is 0. The first-order valence-corrected chi connectivity index (χ1v) is 7.82. The second-order valence-corrected chi connectivity index (χ2v) is 5.92. The van der Waals surface area contributed by atoms with Crippen LogP contribution in [0.15, 0.2) is 54.6 Å². The maximum atomic E-state index is 12.5. The molecule has 0 fully saturated rings. The molecule has 4 rings (SSSR count). The summed E-state index contributed by atoms with van der Waals surface area (Å²) < 4.78 is 0. The van der Waals surface area contributed by atoms with E-state index in [1.165, 1.54) is 0 Å². The molecule has 0 aliphatic heterocycles. The summed E-state index contributed by atoms with van der Waals surface area (Å²) in [5.41, 5.74) is 3.59. The molecule has 3 aromatic rings. The van der Waals surface area contributed by atoms with Crippen molar-refractivity contribution in [2.45, 2.75) is 12.8 Å². The van der Waals surface area contributed by atoms with Gasteiger partial charge >= 0.3 is 5.97 Å². The van der Waals surface area contributed by atoms with Gasteiger partial charge in [-0.1, -0.05) is 30.3 Å². The smallest absolute Gasteiger partial charge is 0.336 e. The van der Waals surface area contributed by atoms with Gasteiger partial charge in [-0.05, 0) is 53.6 Å². The lowest BCUT2D eigenvalue weighted by atomic mass is 9.98. The van der Waals surface area contributed by atoms with E-state index in [4.69, 9.17) is 0 Å². The number of nitrogens with one attached hydrogen (secondary N) is 1. The van der Waals surface area contributed by atoms with Crippen LogP contribution in [0.25, 0.3) is 10.8 Å². The third-order valence-corrected chi connectivity index (χ3v) is 4.51. The van der Waals surface area contributed by atoms with Gasteiger partial charge in [-0.15, -0.1) is 0 Å². The van der Waals surface area contributed by atoms with E-state index in [0.29, 0.717) is 16.6 Å². The molecule has 0 heterocycles. The molecule has 4 nitrogen and oxygen atoms in total. The van der Waals surface area contributed by atoms with Crippen molar-refractivity contribution in [3.8, 4) is 0 Å². The summed E-state index contributed by atoms with van der Waals surface area (Å²) in [4.78, 5) is 24.1. The number of aromatic carboxylic acids is 1. The van der Waals surface area contributed by atoms with E-state index < -0.39 is 5.97 Å². The largest absolute Gasteiger partial charge is 0.478 e. The predicted octanol–water partition coefficient (Wildman–Crippen LogP) is 3.89. The van der Waals surface area contributed by atoms with Crippen molar-refractivity contribution in [3.05, 3.63) is 76.9 Å². The second-order valence-electron chi connectivity index (χ2n) is 5.92. The molecule has 4 heteroatoms. The molecule has 1 aliphatic carbocycles. The standard InChI is InChI=1S/C20H15NO3/c22-19(14-4-2-1-3-5-14)21-16-11-9-13-7-6-12-8-10-15(20(23)24)18(16)17(12)13/h1-5,8-11H,6-7H2,(H,21,22)(H,23,24). The van der Waals surface area contributed by atoms with Crippen LogP contribution >= 0.6 is 0 Å². The lowest BCUT2D eigenvalue weighted by molar-refractivity contribution is 0.0698. The lowest BCUT2D eigenvalue weighted by Gasteiger charge is -2.13. The minimum Gasteiger partial charge on any atom is -0.478 e. The van der Waals surface area contributed by atoms with Crippen molar-refractivity contribution in [3.63, 3.8) is 0 Å². The van der Waals surface area contributed by atoms with Crippen LogP contribution in [0.5, 0.6) is 0 Å². The third kappa shape index (κ3) is 2.24. The lowest BCUT2D eigenvalue weighted by Crippen LogP contribution is -2.13. The molecule has 0 atom stereocenters. The Bertz CT molecular complexity index is 967. The number of hydrogen-bond donors (Lipinski definition) is 2. The molecule has 3 aromatic carbocycles. The quantitative estimate of drug-likeness (QED) is 0.770. The van der Waals surface area contributed by atoms with Crippen molar-refractivity contribution in [1.29, 1.82) is 0 Å². The first-order chi connectivity index (χ1) is 11.6. The number of hydrogen-bond acceptors (Lipinski definition) is 2. The average molecular weight is 317 g/mol. The molecule has 1 aliphatic rings. The Hall–Kier alpha value is -3.14. The van der Waals surface area contributed by atoms with Crippen LogP contribution in [-0.2, 0) is 12.8 Å². The van der Waals surface area contributed by atoms with E-state index in [2.05, 4.69) is 5.32 Å². The molecule has 0 unspecified atom stereocenters. The van der Waals surface area contributed by atoms with E-state index in [-0.39, 0.29) is 11.5 Å². The Labute approximate surface area is 138 Å². The van der Waals surface area contributed by atoms with E-state index >= 15 is 0 Å². The molecule has 2 N–H and O–H groups in total. The van der Waals surface area contributed by atoms with Crippen molar-refractivity contribution < 1.29 is 14.7 Å². The maximum absolute atomic E-state index is 12.5. The van der Waals surface area contributed by atoms with Crippen molar-refractivity contribution in [2.75, 3.05) is 5.32 Å². The van der Waals surface area contributed by atoms with Gasteiger partial charge in [0.15, 0.2) is 0 Å². The van der Waals surface area contributed by atoms with Crippen molar-refractivity contribution in [1.82, 2.24) is 0 Å². The van der Waals surface area contributed by atoms with Crippen molar-refractivity contribution in [2.24, 2.45) is 0 Å². The number of rotatable bonds is 3. The van der Waals surface area contributed by atoms with Crippen LogP contribution < -0.4 is 5.32 Å². The highest BCUT2D eigenvalue weighted by molar-refractivity contribution is 6.16. The zero-order chi connectivity index (χ0) is 16.7. The molecule has 0 radical (unpaired) electrons. The number of aryl methyl sites for hydroxylation is 2. The van der Waals surface area contributed by atoms with E-state index in [0.717, 1.165) is 29.4 Å². The average Bonchev–Trinajstić information content (AvgIpc) is 3.02. The zero-order valence-electron chi connectivity index (χ0n) is 12.9. The molecular formula is C20H15NO3. The molecule has 24 heavy (non-hydrogen) atoms. The van der Waals surface area contributed by atoms with Gasteiger partial charge in [0, 0.05) is 16.6 Å². The first-order valence-electron chi connectivity index (χ1n) is 7.82. The summed E-state index contributed by atoms with van der Waals surface area (Å²) in [6.07, 6.45) is 1.81. The Balaban J connectivity index is 1.87. The molecule has 0 aromatic heterocycles. The highest BCUT2D eigenvalue weighted by Crippen LogP contribution is 2.37. The highest BCUT2D eigenvalue weighted by atomic mass is 16.4. The number of carbonyl (C=O) groups excluding carboxylic acids is 1. The number of benzene rings is 3. The number of carbonyl (C=O) groups is 2. The van der Waals surface area contributed by atoms with E-state index in [1.807, 2.05) is 18.2 Å². The summed E-state index contributed by atoms with van der Waals surface area (Å²) in [6.45, 7) is 0. The van der Waals surface area contributed by atoms with Crippen LogP contribution in [0.1, 0.15) is 31.8 Å². The normalized spacial score (nSPS) is 12.3. The predicted molar refractivity (Wildman–Crippen MR) is 92.7 cm³/mol. The monoisotopic (exact) mass is 317 g/mol. The summed E-state index contributed by atoms with van der Waals surface area (Å²) in [5.74, 6) is -1.23. The molecule has 0 saturated heterocycles. The number of amides is 1. The molecule has 1 amide bonds. The van der Waals surface area contributed by atoms with E-state index in [9.17, 15) is 14.7 Å². The Morgan fingerprint density at radius 3 is 2.17 bits per heavy atom. The number of anilines is 1. The van der Waals surface area contributed by atoms with Crippen LogP contribution in [0, 0.1) is 0 Å². The Morgan fingerprint density at radius 2 is 1.50 bits per heavy atom. The van der Waals surface area contributed by atoms with Crippen LogP contribution in [0.4, 0.5) is 5.69 Å². The molecular weight excluding hydrogens is 302 g/mol. The Morgan fingerprint density at radius 1 is 0.833 bits per heavy atom. The first kappa shape index (κ1) is 14.5. The van der Waals surface area contributed by atoms with Gasteiger partial charge in [-0.25, -0.2) is 4.79 Å². The van der Waals surface area contributed by atoms with Crippen LogP contribution in [-0.4, -0.2) is 17.0 Å². The molecule has 0 spiro atoms. The fraction of sp³-hybridized carbons (Fsp3) is 0.100. The van der Waals surface area contributed by atoms with Gasteiger partial charge in [0.05, 0.1) is 5.56 Å².